The van der Waals surface area contributed by atoms with E-state index in [1.807, 2.05) is 0 Å². The van der Waals surface area contributed by atoms with Gasteiger partial charge in [0.25, 0.3) is 0 Å². The fourth-order valence-corrected chi connectivity index (χ4v) is 7.83. The summed E-state index contributed by atoms with van der Waals surface area (Å²) in [5.41, 5.74) is 5.13. The molecule has 2 amide bonds. The largest absolute Gasteiger partial charge is 0.461 e. The maximum absolute atomic E-state index is 15.1. The number of hydrogen-bond donors (Lipinski definition) is 1. The van der Waals surface area contributed by atoms with Gasteiger partial charge < -0.3 is 29.0 Å². The molecule has 8 heterocycles. The summed E-state index contributed by atoms with van der Waals surface area (Å²) < 4.78 is 49.1. The van der Waals surface area contributed by atoms with Gasteiger partial charge in [-0.25, -0.2) is 27.7 Å². The molecule has 4 aromatic heterocycles. The number of aliphatic hydroxyl groups is 1. The first kappa shape index (κ1) is 46.8. The van der Waals surface area contributed by atoms with Gasteiger partial charge in [-0.3, -0.25) is 29.5 Å². The van der Waals surface area contributed by atoms with E-state index in [2.05, 4.69) is 40.9 Å². The highest BCUT2D eigenvalue weighted by molar-refractivity contribution is 6.00. The van der Waals surface area contributed by atoms with Crippen LogP contribution in [0.25, 0.3) is 22.3 Å². The van der Waals surface area contributed by atoms with Crippen molar-refractivity contribution in [1.29, 1.82) is 0 Å². The Morgan fingerprint density at radius 1 is 0.714 bits per heavy atom. The summed E-state index contributed by atoms with van der Waals surface area (Å²) in [5.74, 6) is -1.31. The number of carbonyl (C=O) groups excluding carboxylic acids is 3. The van der Waals surface area contributed by atoms with E-state index in [9.17, 15) is 18.8 Å². The minimum atomic E-state index is -0.543. The smallest absolute Gasteiger partial charge is 0.414 e. The molecule has 22 nitrogen and oxygen atoms in total. The van der Waals surface area contributed by atoms with Gasteiger partial charge in [-0.05, 0) is 62.6 Å². The zero-order valence-electron chi connectivity index (χ0n) is 37.7. The normalized spacial score (nSPS) is 19.5. The van der Waals surface area contributed by atoms with Crippen molar-refractivity contribution in [2.24, 2.45) is 10.3 Å². The molecule has 4 aliphatic heterocycles. The molecule has 0 radical (unpaired) electrons. The molecule has 6 aromatic rings. The summed E-state index contributed by atoms with van der Waals surface area (Å²) in [7, 11) is 3.57. The average Bonchev–Trinajstić information content (AvgIpc) is 4.23. The van der Waals surface area contributed by atoms with Gasteiger partial charge in [-0.1, -0.05) is 32.9 Å². The van der Waals surface area contributed by atoms with E-state index >= 15 is 4.39 Å². The van der Waals surface area contributed by atoms with Crippen LogP contribution in [0.4, 0.5) is 29.7 Å². The van der Waals surface area contributed by atoms with E-state index in [1.165, 1.54) is 21.9 Å². The number of benzene rings is 2. The minimum Gasteiger partial charge on any atom is -0.461 e. The first-order chi connectivity index (χ1) is 34.0. The van der Waals surface area contributed by atoms with Crippen molar-refractivity contribution >= 4 is 41.0 Å². The van der Waals surface area contributed by atoms with E-state index in [0.29, 0.717) is 82.4 Å². The molecule has 0 spiro atoms. The Labute approximate surface area is 397 Å². The number of ether oxygens (including phenoxy) is 3. The summed E-state index contributed by atoms with van der Waals surface area (Å²) in [4.78, 5) is 60.1. The maximum Gasteiger partial charge on any atom is 0.414 e. The van der Waals surface area contributed by atoms with E-state index in [4.69, 9.17) is 29.0 Å². The highest BCUT2D eigenvalue weighted by Crippen LogP contribution is 2.32. The lowest BCUT2D eigenvalue weighted by atomic mass is 10.0. The van der Waals surface area contributed by atoms with Crippen LogP contribution < -0.4 is 9.80 Å². The summed E-state index contributed by atoms with van der Waals surface area (Å²) >= 11 is 0. The van der Waals surface area contributed by atoms with Crippen LogP contribution in [0, 0.1) is 11.6 Å². The average molecular weight is 962 g/mol. The van der Waals surface area contributed by atoms with Gasteiger partial charge in [0, 0.05) is 59.9 Å². The number of rotatable bonds is 15. The number of amides is 2. The number of cyclic esters (lactones) is 2. The molecule has 10 rings (SSSR count). The molecule has 2 saturated heterocycles. The molecule has 70 heavy (non-hydrogen) atoms. The van der Waals surface area contributed by atoms with Crippen LogP contribution in [-0.2, 0) is 41.8 Å². The Hall–Kier alpha value is -8.25. The first-order valence-corrected chi connectivity index (χ1v) is 22.0. The van der Waals surface area contributed by atoms with Crippen LogP contribution in [-0.4, -0.2) is 151 Å². The van der Waals surface area contributed by atoms with Crippen molar-refractivity contribution < 1.29 is 52.2 Å². The monoisotopic (exact) mass is 961 g/mol. The number of nitrogens with zero attached hydrogens (tertiary/aromatic N) is 13. The van der Waals surface area contributed by atoms with Gasteiger partial charge in [0.1, 0.15) is 41.9 Å². The SMILES string of the molecule is CN(C)CC(=O)OCC1CC(c2ccc(-c3ccc(N4C[C@H](Cn5ccnn5)OC4=O)cc3F)cn2)=NO1.O=C1O[C@@H](Cn2ccnn2)CN1c1ccc(-c2ccc(C3=NOC(CO)C3)nc2)c(F)c1. The highest BCUT2D eigenvalue weighted by atomic mass is 19.1. The van der Waals surface area contributed by atoms with Crippen LogP contribution in [0.3, 0.4) is 0 Å². The topological polar surface area (TPSA) is 239 Å². The van der Waals surface area contributed by atoms with Crippen LogP contribution in [0.2, 0.25) is 0 Å². The maximum atomic E-state index is 15.1. The molecule has 4 aliphatic rings. The summed E-state index contributed by atoms with van der Waals surface area (Å²) in [6.45, 7) is 1.46. The zero-order chi connectivity index (χ0) is 48.7. The fraction of sp³-hybridized carbons (Fsp3) is 0.326. The number of hydrogen-bond acceptors (Lipinski definition) is 18. The second-order valence-electron chi connectivity index (χ2n) is 16.7. The number of halogens is 2. The van der Waals surface area contributed by atoms with E-state index < -0.39 is 36.0 Å². The molecule has 362 valence electrons. The molecule has 0 aliphatic carbocycles. The number of likely N-dealkylation sites (N-methyl/N-ethyl adjacent to an activating group) is 1. The lowest BCUT2D eigenvalue weighted by Gasteiger charge is -2.14. The van der Waals surface area contributed by atoms with Gasteiger partial charge in [-0.15, -0.1) is 10.2 Å². The predicted molar refractivity (Wildman–Crippen MR) is 243 cm³/mol. The van der Waals surface area contributed by atoms with Gasteiger partial charge in [0.05, 0.1) is 74.5 Å². The molecule has 24 heteroatoms. The number of aromatic nitrogens is 8. The van der Waals surface area contributed by atoms with Crippen molar-refractivity contribution in [1.82, 2.24) is 44.9 Å². The fourth-order valence-electron chi connectivity index (χ4n) is 7.83. The lowest BCUT2D eigenvalue weighted by Crippen LogP contribution is -2.27. The zero-order valence-corrected chi connectivity index (χ0v) is 37.7. The van der Waals surface area contributed by atoms with Crippen LogP contribution in [0.15, 0.2) is 108 Å². The molecule has 0 saturated carbocycles. The molecular formula is C46H45F2N13O9. The third kappa shape index (κ3) is 11.0. The Bertz CT molecular complexity index is 2870. The minimum absolute atomic E-state index is 0.0983. The number of pyridine rings is 2. The molecule has 2 aromatic carbocycles. The second-order valence-corrected chi connectivity index (χ2v) is 16.7. The molecule has 2 unspecified atom stereocenters. The highest BCUT2D eigenvalue weighted by Gasteiger charge is 2.35. The van der Waals surface area contributed by atoms with Crippen molar-refractivity contribution in [3.8, 4) is 22.3 Å². The number of aliphatic hydroxyl groups excluding tert-OH is 1. The summed E-state index contributed by atoms with van der Waals surface area (Å²) in [6, 6.07) is 16.1. The Morgan fingerprint density at radius 3 is 1.63 bits per heavy atom. The van der Waals surface area contributed by atoms with Crippen molar-refractivity contribution in [2.75, 3.05) is 56.7 Å². The Balaban J connectivity index is 0.000000176. The van der Waals surface area contributed by atoms with E-state index in [-0.39, 0.29) is 51.0 Å². The van der Waals surface area contributed by atoms with E-state index in [1.54, 1.807) is 114 Å². The third-order valence-electron chi connectivity index (χ3n) is 11.3. The Morgan fingerprint density at radius 2 is 1.21 bits per heavy atom. The molecule has 2 fully saturated rings. The van der Waals surface area contributed by atoms with Crippen LogP contribution in [0.5, 0.6) is 0 Å². The second kappa shape index (κ2) is 20.9. The van der Waals surface area contributed by atoms with Crippen LogP contribution >= 0.6 is 0 Å². The quantitative estimate of drug-likeness (QED) is 0.113. The standard InChI is InChI=1S/C25H26FN7O5.C21H19FN6O4/c1-31(2)14-24(34)36-15-18-10-23(29-38-18)22-6-3-16(11-27-22)20-5-4-17(9-21(20)26)33-13-19(37-25(33)35)12-32-8-7-28-30-32;22-18-7-14(28-11-16(31-21(28)30)10-27-6-5-24-26-27)2-3-17(18)13-1-4-19(23-9-13)20-8-15(12-29)32-25-20/h3-9,11,18-19H,10,12-15H2,1-2H3;1-7,9,15-16,29H,8,10-12H2/t18?,19-;15?,16-/m00/s1. The number of oxime groups is 2. The van der Waals surface area contributed by atoms with E-state index in [0.717, 1.165) is 0 Å². The molecular weight excluding hydrogens is 917 g/mol. The first-order valence-electron chi connectivity index (χ1n) is 22.0. The summed E-state index contributed by atoms with van der Waals surface area (Å²) in [6.07, 6.45) is 7.83. The lowest BCUT2D eigenvalue weighted by molar-refractivity contribution is -0.147. The number of anilines is 2. The van der Waals surface area contributed by atoms with Crippen molar-refractivity contribution in [2.45, 2.75) is 50.3 Å². The molecule has 1 N–H and O–H groups in total. The summed E-state index contributed by atoms with van der Waals surface area (Å²) in [5, 5.41) is 32.3. The predicted octanol–water partition coefficient (Wildman–Crippen LogP) is 4.09. The van der Waals surface area contributed by atoms with Gasteiger partial charge >= 0.3 is 18.2 Å². The third-order valence-corrected chi connectivity index (χ3v) is 11.3. The number of esters is 1. The number of carbonyl (C=O) groups is 3. The van der Waals surface area contributed by atoms with Crippen molar-refractivity contribution in [3.63, 3.8) is 0 Å². The van der Waals surface area contributed by atoms with Gasteiger partial charge in [0.15, 0.2) is 12.2 Å². The molecule has 0 bridgehead atoms. The van der Waals surface area contributed by atoms with Gasteiger partial charge in [0.2, 0.25) is 0 Å². The van der Waals surface area contributed by atoms with Crippen LogP contribution in [0.1, 0.15) is 24.2 Å². The molecule has 4 atom stereocenters. The Kier molecular flexibility index (Phi) is 14.0. The van der Waals surface area contributed by atoms with Gasteiger partial charge in [-0.2, -0.15) is 0 Å². The van der Waals surface area contributed by atoms with Crippen molar-refractivity contribution in [3.05, 3.63) is 121 Å².